The molecule has 3 heterocycles. The molecule has 3 aliphatic heterocycles. The largest absolute Gasteiger partial charge is 0.383 e. The summed E-state index contributed by atoms with van der Waals surface area (Å²) >= 11 is 0. The number of piperidine rings is 1. The van der Waals surface area contributed by atoms with Crippen molar-refractivity contribution in [2.24, 2.45) is 5.92 Å². The van der Waals surface area contributed by atoms with E-state index in [9.17, 15) is 17.6 Å². The number of hydrogen-bond acceptors (Lipinski definition) is 4. The molecule has 2 bridgehead atoms. The second kappa shape index (κ2) is 6.78. The van der Waals surface area contributed by atoms with Gasteiger partial charge in [0.1, 0.15) is 10.7 Å². The minimum atomic E-state index is -3.96. The van der Waals surface area contributed by atoms with Crippen LogP contribution in [0.1, 0.15) is 12.8 Å². The molecule has 3 saturated heterocycles. The van der Waals surface area contributed by atoms with Crippen LogP contribution in [0.2, 0.25) is 0 Å². The Morgan fingerprint density at radius 1 is 1.25 bits per heavy atom. The summed E-state index contributed by atoms with van der Waals surface area (Å²) in [4.78, 5) is 13.9. The van der Waals surface area contributed by atoms with Gasteiger partial charge in [-0.25, -0.2) is 12.8 Å². The lowest BCUT2D eigenvalue weighted by Gasteiger charge is -2.35. The first kappa shape index (κ1) is 17.3. The standard InChI is InChI=1S/C16H21FN2O4S/c1-23-9-8-19-13-7-6-12(16(19)20)10-18(11-13)24(21,22)15-5-3-2-4-14(15)17/h2-5,12-13H,6-11H2,1H3. The van der Waals surface area contributed by atoms with Crippen molar-refractivity contribution in [2.45, 2.75) is 23.8 Å². The van der Waals surface area contributed by atoms with Gasteiger partial charge in [0.05, 0.1) is 12.5 Å². The number of halogens is 1. The molecule has 4 rings (SSSR count). The molecule has 3 aliphatic rings. The van der Waals surface area contributed by atoms with E-state index in [-0.39, 0.29) is 35.9 Å². The average Bonchev–Trinajstić information content (AvgIpc) is 2.85. The van der Waals surface area contributed by atoms with E-state index in [1.54, 1.807) is 12.0 Å². The molecule has 0 N–H and O–H groups in total. The number of benzene rings is 1. The zero-order valence-corrected chi connectivity index (χ0v) is 14.3. The first-order valence-electron chi connectivity index (χ1n) is 7.99. The molecule has 3 fully saturated rings. The lowest BCUT2D eigenvalue weighted by molar-refractivity contribution is -0.140. The Labute approximate surface area is 141 Å². The molecular formula is C16H21FN2O4S. The molecule has 24 heavy (non-hydrogen) atoms. The third kappa shape index (κ3) is 3.05. The Balaban J connectivity index is 1.89. The fourth-order valence-electron chi connectivity index (χ4n) is 3.47. The molecule has 2 atom stereocenters. The van der Waals surface area contributed by atoms with Crippen molar-refractivity contribution in [3.63, 3.8) is 0 Å². The van der Waals surface area contributed by atoms with E-state index in [1.165, 1.54) is 22.5 Å². The van der Waals surface area contributed by atoms with E-state index in [1.807, 2.05) is 0 Å². The molecule has 6 nitrogen and oxygen atoms in total. The zero-order valence-electron chi connectivity index (χ0n) is 13.5. The molecule has 8 heteroatoms. The molecule has 0 aromatic heterocycles. The number of methoxy groups -OCH3 is 1. The number of carbonyl (C=O) groups excluding carboxylic acids is 1. The highest BCUT2D eigenvalue weighted by molar-refractivity contribution is 7.89. The molecule has 1 aromatic carbocycles. The Morgan fingerprint density at radius 2 is 2.00 bits per heavy atom. The fourth-order valence-corrected chi connectivity index (χ4v) is 5.06. The lowest BCUT2D eigenvalue weighted by atomic mass is 9.94. The van der Waals surface area contributed by atoms with Gasteiger partial charge in [-0.2, -0.15) is 4.31 Å². The predicted molar refractivity (Wildman–Crippen MR) is 85.3 cm³/mol. The number of sulfonamides is 1. The maximum Gasteiger partial charge on any atom is 0.246 e. The number of hydrogen-bond donors (Lipinski definition) is 0. The van der Waals surface area contributed by atoms with E-state index >= 15 is 0 Å². The summed E-state index contributed by atoms with van der Waals surface area (Å²) in [6.45, 7) is 1.16. The van der Waals surface area contributed by atoms with Gasteiger partial charge in [-0.1, -0.05) is 12.1 Å². The molecule has 1 aromatic rings. The zero-order chi connectivity index (χ0) is 17.3. The van der Waals surface area contributed by atoms with Crippen molar-refractivity contribution < 1.29 is 22.3 Å². The maximum atomic E-state index is 14.0. The normalized spacial score (nSPS) is 25.1. The molecular weight excluding hydrogens is 335 g/mol. The summed E-state index contributed by atoms with van der Waals surface area (Å²) < 4.78 is 46.0. The van der Waals surface area contributed by atoms with Crippen molar-refractivity contribution in [3.8, 4) is 0 Å². The van der Waals surface area contributed by atoms with Crippen molar-refractivity contribution in [3.05, 3.63) is 30.1 Å². The summed E-state index contributed by atoms with van der Waals surface area (Å²) in [5, 5.41) is 0. The van der Waals surface area contributed by atoms with Crippen LogP contribution in [-0.2, 0) is 19.6 Å². The van der Waals surface area contributed by atoms with E-state index in [4.69, 9.17) is 4.74 Å². The summed E-state index contributed by atoms with van der Waals surface area (Å²) in [5.74, 6) is -1.17. The minimum absolute atomic E-state index is 0.0328. The maximum absolute atomic E-state index is 14.0. The van der Waals surface area contributed by atoms with Gasteiger partial charge in [0, 0.05) is 32.8 Å². The number of nitrogens with zero attached hydrogens (tertiary/aromatic N) is 2. The summed E-state index contributed by atoms with van der Waals surface area (Å²) in [7, 11) is -2.40. The third-order valence-corrected chi connectivity index (χ3v) is 6.62. The average molecular weight is 356 g/mol. The van der Waals surface area contributed by atoms with E-state index in [0.717, 1.165) is 12.5 Å². The Bertz CT molecular complexity index is 725. The molecule has 0 radical (unpaired) electrons. The van der Waals surface area contributed by atoms with Crippen LogP contribution in [0.15, 0.2) is 29.2 Å². The quantitative estimate of drug-likeness (QED) is 0.792. The Morgan fingerprint density at radius 3 is 2.71 bits per heavy atom. The highest BCUT2D eigenvalue weighted by atomic mass is 32.2. The van der Waals surface area contributed by atoms with Gasteiger partial charge in [-0.3, -0.25) is 4.79 Å². The fraction of sp³-hybridized carbons (Fsp3) is 0.562. The van der Waals surface area contributed by atoms with Crippen LogP contribution in [-0.4, -0.2) is 62.9 Å². The summed E-state index contributed by atoms with van der Waals surface area (Å²) in [5.41, 5.74) is 0. The van der Waals surface area contributed by atoms with Gasteiger partial charge in [0.25, 0.3) is 0 Å². The van der Waals surface area contributed by atoms with Crippen molar-refractivity contribution in [2.75, 3.05) is 33.4 Å². The molecule has 132 valence electrons. The number of ether oxygens (including phenoxy) is 1. The monoisotopic (exact) mass is 356 g/mol. The summed E-state index contributed by atoms with van der Waals surface area (Å²) in [6, 6.07) is 5.17. The van der Waals surface area contributed by atoms with Crippen molar-refractivity contribution >= 4 is 15.9 Å². The molecule has 2 unspecified atom stereocenters. The number of rotatable bonds is 5. The molecule has 0 spiro atoms. The first-order valence-corrected chi connectivity index (χ1v) is 9.43. The van der Waals surface area contributed by atoms with Gasteiger partial charge in [0.2, 0.25) is 15.9 Å². The van der Waals surface area contributed by atoms with E-state index in [0.29, 0.717) is 19.6 Å². The predicted octanol–water partition coefficient (Wildman–Crippen LogP) is 1.08. The van der Waals surface area contributed by atoms with Crippen LogP contribution in [0.5, 0.6) is 0 Å². The van der Waals surface area contributed by atoms with Crippen LogP contribution in [0.3, 0.4) is 0 Å². The second-order valence-corrected chi connectivity index (χ2v) is 8.11. The van der Waals surface area contributed by atoms with E-state index in [2.05, 4.69) is 0 Å². The SMILES string of the molecule is COCCN1C(=O)C2CCC1CN(S(=O)(=O)c1ccccc1F)C2. The Hall–Kier alpha value is -1.51. The van der Waals surface area contributed by atoms with Crippen LogP contribution < -0.4 is 0 Å². The number of amides is 1. The van der Waals surface area contributed by atoms with Gasteiger partial charge in [-0.05, 0) is 25.0 Å². The van der Waals surface area contributed by atoms with Crippen LogP contribution in [0, 0.1) is 11.7 Å². The molecule has 0 saturated carbocycles. The van der Waals surface area contributed by atoms with Gasteiger partial charge in [-0.15, -0.1) is 0 Å². The van der Waals surface area contributed by atoms with Crippen molar-refractivity contribution in [1.29, 1.82) is 0 Å². The first-order chi connectivity index (χ1) is 11.4. The highest BCUT2D eigenvalue weighted by Gasteiger charge is 2.44. The van der Waals surface area contributed by atoms with E-state index < -0.39 is 15.8 Å². The highest BCUT2D eigenvalue weighted by Crippen LogP contribution is 2.32. The van der Waals surface area contributed by atoms with Gasteiger partial charge >= 0.3 is 0 Å². The van der Waals surface area contributed by atoms with Crippen molar-refractivity contribution in [1.82, 2.24) is 9.21 Å². The second-order valence-electron chi connectivity index (χ2n) is 6.20. The van der Waals surface area contributed by atoms with Crippen LogP contribution >= 0.6 is 0 Å². The smallest absolute Gasteiger partial charge is 0.246 e. The van der Waals surface area contributed by atoms with Crippen LogP contribution in [0.25, 0.3) is 0 Å². The summed E-state index contributed by atoms with van der Waals surface area (Å²) in [6.07, 6.45) is 1.42. The third-order valence-electron chi connectivity index (χ3n) is 4.75. The molecule has 1 amide bonds. The number of carbonyl (C=O) groups is 1. The Kier molecular flexibility index (Phi) is 4.89. The molecule has 0 aliphatic carbocycles. The van der Waals surface area contributed by atoms with Gasteiger partial charge < -0.3 is 9.64 Å². The number of fused-ring (bicyclic) bond motifs is 4. The lowest BCUT2D eigenvalue weighted by Crippen LogP contribution is -2.49. The topological polar surface area (TPSA) is 66.9 Å². The van der Waals surface area contributed by atoms with Crippen LogP contribution in [0.4, 0.5) is 4.39 Å². The van der Waals surface area contributed by atoms with Gasteiger partial charge in [0.15, 0.2) is 0 Å². The minimum Gasteiger partial charge on any atom is -0.383 e.